The summed E-state index contributed by atoms with van der Waals surface area (Å²) < 4.78 is 49.3. The van der Waals surface area contributed by atoms with E-state index in [2.05, 4.69) is 46.7 Å². The zero-order valence-electron chi connectivity index (χ0n) is 21.1. The Morgan fingerprint density at radius 1 is 1.09 bits per heavy atom. The first-order valence-electron chi connectivity index (χ1n) is 12.8. The van der Waals surface area contributed by atoms with E-state index in [1.165, 1.54) is 16.0 Å². The summed E-state index contributed by atoms with van der Waals surface area (Å²) >= 11 is 0. The summed E-state index contributed by atoms with van der Waals surface area (Å²) in [5.41, 5.74) is 2.37. The first-order valence-corrected chi connectivity index (χ1v) is 12.8. The van der Waals surface area contributed by atoms with Crippen LogP contribution in [0.4, 0.5) is 18.0 Å². The van der Waals surface area contributed by atoms with Gasteiger partial charge < -0.3 is 19.3 Å². The van der Waals surface area contributed by atoms with Crippen LogP contribution in [0.3, 0.4) is 0 Å². The molecule has 0 radical (unpaired) electrons. The number of halogens is 3. The van der Waals surface area contributed by atoms with Crippen molar-refractivity contribution in [3.63, 3.8) is 0 Å². The molecule has 3 saturated heterocycles. The van der Waals surface area contributed by atoms with Crippen LogP contribution in [-0.2, 0) is 11.3 Å². The summed E-state index contributed by atoms with van der Waals surface area (Å²) in [6, 6.07) is 6.47. The third-order valence-electron chi connectivity index (χ3n) is 7.88. The molecule has 196 valence electrons. The van der Waals surface area contributed by atoms with Gasteiger partial charge in [-0.15, -0.1) is 0 Å². The van der Waals surface area contributed by atoms with Crippen molar-refractivity contribution in [1.82, 2.24) is 14.7 Å². The van der Waals surface area contributed by atoms with Crippen molar-refractivity contribution in [2.75, 3.05) is 39.8 Å². The fourth-order valence-corrected chi connectivity index (χ4v) is 5.70. The molecule has 1 atom stereocenters. The van der Waals surface area contributed by atoms with E-state index < -0.39 is 18.4 Å². The zero-order valence-corrected chi connectivity index (χ0v) is 21.1. The van der Waals surface area contributed by atoms with Crippen LogP contribution in [-0.4, -0.2) is 84.5 Å². The highest BCUT2D eigenvalue weighted by atomic mass is 19.4. The van der Waals surface area contributed by atoms with Gasteiger partial charge in [0.15, 0.2) is 6.10 Å². The molecule has 6 nitrogen and oxygen atoms in total. The second-order valence-corrected chi connectivity index (χ2v) is 10.6. The van der Waals surface area contributed by atoms with Crippen LogP contribution in [0.25, 0.3) is 0 Å². The van der Waals surface area contributed by atoms with Gasteiger partial charge in [0.1, 0.15) is 11.9 Å². The predicted molar refractivity (Wildman–Crippen MR) is 128 cm³/mol. The number of hydrogen-bond acceptors (Lipinski definition) is 5. The van der Waals surface area contributed by atoms with Crippen LogP contribution >= 0.6 is 0 Å². The fraction of sp³-hybridized carbons (Fsp3) is 0.731. The summed E-state index contributed by atoms with van der Waals surface area (Å²) in [5.74, 6) is 0.930. The second kappa shape index (κ2) is 10.5. The number of rotatable bonds is 5. The fourth-order valence-electron chi connectivity index (χ4n) is 5.70. The van der Waals surface area contributed by atoms with Crippen LogP contribution in [0.15, 0.2) is 18.2 Å². The number of nitrogens with zero attached hydrogens (tertiary/aromatic N) is 3. The van der Waals surface area contributed by atoms with Crippen molar-refractivity contribution >= 4 is 6.09 Å². The first kappa shape index (κ1) is 26.1. The second-order valence-electron chi connectivity index (χ2n) is 10.6. The highest BCUT2D eigenvalue weighted by Gasteiger charge is 2.45. The molecule has 4 rings (SSSR count). The van der Waals surface area contributed by atoms with E-state index in [0.717, 1.165) is 77.4 Å². The van der Waals surface area contributed by atoms with E-state index in [9.17, 15) is 18.0 Å². The Labute approximate surface area is 206 Å². The molecule has 3 heterocycles. The van der Waals surface area contributed by atoms with Crippen molar-refractivity contribution in [2.24, 2.45) is 0 Å². The molecule has 3 aliphatic heterocycles. The van der Waals surface area contributed by atoms with E-state index >= 15 is 0 Å². The Kier molecular flexibility index (Phi) is 7.86. The quantitative estimate of drug-likeness (QED) is 0.574. The number of aryl methyl sites for hydroxylation is 1. The van der Waals surface area contributed by atoms with Crippen molar-refractivity contribution in [3.8, 4) is 5.75 Å². The van der Waals surface area contributed by atoms with Crippen LogP contribution in [0.5, 0.6) is 5.75 Å². The molecule has 0 aliphatic carbocycles. The van der Waals surface area contributed by atoms with E-state index in [0.29, 0.717) is 13.1 Å². The molecule has 1 aromatic rings. The van der Waals surface area contributed by atoms with Gasteiger partial charge in [0.25, 0.3) is 0 Å². The molecule has 0 aromatic heterocycles. The van der Waals surface area contributed by atoms with E-state index in [1.807, 2.05) is 0 Å². The molecule has 3 aliphatic rings. The van der Waals surface area contributed by atoms with E-state index in [-0.39, 0.29) is 11.6 Å². The van der Waals surface area contributed by atoms with Crippen LogP contribution in [0, 0.1) is 6.92 Å². The monoisotopic (exact) mass is 497 g/mol. The number of benzene rings is 1. The van der Waals surface area contributed by atoms with Gasteiger partial charge in [0, 0.05) is 38.3 Å². The van der Waals surface area contributed by atoms with E-state index in [4.69, 9.17) is 4.74 Å². The van der Waals surface area contributed by atoms with Crippen molar-refractivity contribution in [1.29, 1.82) is 0 Å². The van der Waals surface area contributed by atoms with Crippen LogP contribution < -0.4 is 4.74 Å². The summed E-state index contributed by atoms with van der Waals surface area (Å²) in [7, 11) is 2.14. The number of ether oxygens (including phenoxy) is 2. The Hall–Kier alpha value is -2.00. The molecule has 3 fully saturated rings. The minimum atomic E-state index is -4.54. The Balaban J connectivity index is 1.36. The van der Waals surface area contributed by atoms with Gasteiger partial charge in [-0.05, 0) is 89.2 Å². The number of likely N-dealkylation sites (tertiary alicyclic amines) is 3. The summed E-state index contributed by atoms with van der Waals surface area (Å²) in [5, 5.41) is 0. The molecule has 1 amide bonds. The predicted octanol–water partition coefficient (Wildman–Crippen LogP) is 4.99. The number of carbonyl (C=O) groups is 1. The third-order valence-corrected chi connectivity index (χ3v) is 7.88. The van der Waals surface area contributed by atoms with Gasteiger partial charge >= 0.3 is 12.3 Å². The van der Waals surface area contributed by atoms with Gasteiger partial charge in [-0.2, -0.15) is 13.2 Å². The Bertz CT molecular complexity index is 878. The third kappa shape index (κ3) is 6.42. The summed E-state index contributed by atoms with van der Waals surface area (Å²) in [6.45, 7) is 7.69. The minimum absolute atomic E-state index is 0.0227. The number of alkyl halides is 3. The Morgan fingerprint density at radius 2 is 1.77 bits per heavy atom. The molecule has 1 aromatic carbocycles. The van der Waals surface area contributed by atoms with Crippen molar-refractivity contribution in [3.05, 3.63) is 29.3 Å². The SMILES string of the molecule is Cc1cc(CN2CCCC23CCN(C(=O)OC(C)C(F)(F)F)CC3)cc(OC2CCN(C)CC2)c1. The van der Waals surface area contributed by atoms with E-state index in [1.54, 1.807) is 0 Å². The van der Waals surface area contributed by atoms with Crippen LogP contribution in [0.1, 0.15) is 56.6 Å². The summed E-state index contributed by atoms with van der Waals surface area (Å²) in [6.07, 6.45) is -1.57. The number of hydrogen-bond donors (Lipinski definition) is 0. The van der Waals surface area contributed by atoms with Gasteiger partial charge in [0.2, 0.25) is 0 Å². The van der Waals surface area contributed by atoms with Gasteiger partial charge in [0.05, 0.1) is 0 Å². The first-order chi connectivity index (χ1) is 16.5. The van der Waals surface area contributed by atoms with Gasteiger partial charge in [-0.3, -0.25) is 4.90 Å². The van der Waals surface area contributed by atoms with Crippen molar-refractivity contribution < 1.29 is 27.4 Å². The molecule has 0 N–H and O–H groups in total. The summed E-state index contributed by atoms with van der Waals surface area (Å²) in [4.78, 5) is 18.5. The normalized spacial score (nSPS) is 23.0. The van der Waals surface area contributed by atoms with Crippen molar-refractivity contribution in [2.45, 2.75) is 82.8 Å². The number of carbonyl (C=O) groups excluding carboxylic acids is 1. The molecule has 9 heteroatoms. The molecule has 0 bridgehead atoms. The van der Waals surface area contributed by atoms with Gasteiger partial charge in [-0.1, -0.05) is 6.07 Å². The lowest BCUT2D eigenvalue weighted by molar-refractivity contribution is -0.200. The smallest absolute Gasteiger partial charge is 0.425 e. The average molecular weight is 498 g/mol. The zero-order chi connectivity index (χ0) is 25.2. The maximum Gasteiger partial charge on any atom is 0.425 e. The standard InChI is InChI=1S/C26H38F3N3O3/c1-19-15-21(17-23(16-19)35-22-5-11-30(3)12-6-22)18-32-10-4-7-25(32)8-13-31(14-9-25)24(33)34-20(2)26(27,28)29/h15-17,20,22H,4-14,18H2,1-3H3. The van der Waals surface area contributed by atoms with Gasteiger partial charge in [-0.25, -0.2) is 4.79 Å². The Morgan fingerprint density at radius 3 is 2.43 bits per heavy atom. The number of amides is 1. The lowest BCUT2D eigenvalue weighted by atomic mass is 9.85. The molecular weight excluding hydrogens is 459 g/mol. The molecule has 1 spiro atoms. The van der Waals surface area contributed by atoms with Crippen LogP contribution in [0.2, 0.25) is 0 Å². The largest absolute Gasteiger partial charge is 0.490 e. The highest BCUT2D eigenvalue weighted by Crippen LogP contribution is 2.40. The number of piperidine rings is 2. The lowest BCUT2D eigenvalue weighted by Crippen LogP contribution is -2.53. The topological polar surface area (TPSA) is 45.3 Å². The highest BCUT2D eigenvalue weighted by molar-refractivity contribution is 5.68. The maximum absolute atomic E-state index is 12.8. The minimum Gasteiger partial charge on any atom is -0.490 e. The average Bonchev–Trinajstić information content (AvgIpc) is 3.16. The lowest BCUT2D eigenvalue weighted by Gasteiger charge is -2.45. The maximum atomic E-state index is 12.8. The molecule has 0 saturated carbocycles. The molecular formula is C26H38F3N3O3. The molecule has 35 heavy (non-hydrogen) atoms. The molecule has 1 unspecified atom stereocenters.